The molecular weight excluding hydrogens is 226 g/mol. The van der Waals surface area contributed by atoms with Crippen LogP contribution in [0.25, 0.3) is 0 Å². The highest BCUT2D eigenvalue weighted by Crippen LogP contribution is 2.23. The molecule has 104 valence electrons. The molecule has 0 bridgehead atoms. The van der Waals surface area contributed by atoms with Gasteiger partial charge in [-0.15, -0.1) is 0 Å². The van der Waals surface area contributed by atoms with E-state index in [4.69, 9.17) is 10.5 Å². The van der Waals surface area contributed by atoms with Gasteiger partial charge in [-0.05, 0) is 38.8 Å². The zero-order chi connectivity index (χ0) is 12.4. The molecule has 0 radical (unpaired) electrons. The van der Waals surface area contributed by atoms with Gasteiger partial charge in [0.2, 0.25) is 0 Å². The highest BCUT2D eigenvalue weighted by Gasteiger charge is 2.34. The molecule has 0 spiro atoms. The smallest absolute Gasteiger partial charge is 0.0638 e. The van der Waals surface area contributed by atoms with E-state index in [0.29, 0.717) is 6.04 Å². The molecule has 3 rings (SSSR count). The van der Waals surface area contributed by atoms with Crippen LogP contribution in [0.3, 0.4) is 0 Å². The lowest BCUT2D eigenvalue weighted by Gasteiger charge is -2.42. The molecule has 2 N–H and O–H groups in total. The number of hydrogen-bond donors (Lipinski definition) is 1. The van der Waals surface area contributed by atoms with E-state index in [1.165, 1.54) is 58.3 Å². The average Bonchev–Trinajstić information content (AvgIpc) is 2.86. The van der Waals surface area contributed by atoms with Crippen LogP contribution in [0.2, 0.25) is 0 Å². The summed E-state index contributed by atoms with van der Waals surface area (Å²) >= 11 is 0. The van der Waals surface area contributed by atoms with Crippen LogP contribution in [0.4, 0.5) is 0 Å². The maximum Gasteiger partial charge on any atom is 0.0638 e. The third-order valence-corrected chi connectivity index (χ3v) is 4.97. The SMILES string of the molecule is NC1COCC1N1CCC(N2CCCCC2)CC1. The predicted molar refractivity (Wildman–Crippen MR) is 72.6 cm³/mol. The van der Waals surface area contributed by atoms with Gasteiger partial charge in [-0.2, -0.15) is 0 Å². The maximum atomic E-state index is 6.11. The molecule has 2 atom stereocenters. The number of hydrogen-bond acceptors (Lipinski definition) is 4. The summed E-state index contributed by atoms with van der Waals surface area (Å²) in [6.45, 7) is 6.67. The van der Waals surface area contributed by atoms with Crippen LogP contribution in [-0.4, -0.2) is 67.3 Å². The molecule has 0 amide bonds. The quantitative estimate of drug-likeness (QED) is 0.785. The predicted octanol–water partition coefficient (Wildman–Crippen LogP) is 0.663. The molecule has 3 aliphatic heterocycles. The van der Waals surface area contributed by atoms with Crippen molar-refractivity contribution in [3.63, 3.8) is 0 Å². The van der Waals surface area contributed by atoms with Crippen molar-refractivity contribution < 1.29 is 4.74 Å². The number of rotatable bonds is 2. The fraction of sp³-hybridized carbons (Fsp3) is 1.00. The lowest BCUT2D eigenvalue weighted by atomic mass is 9.98. The zero-order valence-corrected chi connectivity index (χ0v) is 11.4. The van der Waals surface area contributed by atoms with E-state index in [1.54, 1.807) is 0 Å². The molecule has 0 aliphatic carbocycles. The molecule has 3 aliphatic rings. The molecular formula is C14H27N3O. The summed E-state index contributed by atoms with van der Waals surface area (Å²) in [6.07, 6.45) is 6.89. The van der Waals surface area contributed by atoms with Gasteiger partial charge in [-0.1, -0.05) is 6.42 Å². The summed E-state index contributed by atoms with van der Waals surface area (Å²) in [5, 5.41) is 0. The Hall–Kier alpha value is -0.160. The van der Waals surface area contributed by atoms with E-state index >= 15 is 0 Å². The molecule has 0 aromatic heterocycles. The highest BCUT2D eigenvalue weighted by atomic mass is 16.5. The first kappa shape index (κ1) is 12.9. The van der Waals surface area contributed by atoms with Crippen LogP contribution < -0.4 is 5.73 Å². The Morgan fingerprint density at radius 2 is 1.56 bits per heavy atom. The first-order valence-corrected chi connectivity index (χ1v) is 7.66. The third kappa shape index (κ3) is 2.72. The van der Waals surface area contributed by atoms with Crippen molar-refractivity contribution in [2.24, 2.45) is 5.73 Å². The van der Waals surface area contributed by atoms with Crippen molar-refractivity contribution in [1.82, 2.24) is 9.80 Å². The van der Waals surface area contributed by atoms with E-state index in [9.17, 15) is 0 Å². The molecule has 3 heterocycles. The van der Waals surface area contributed by atoms with Gasteiger partial charge in [0.05, 0.1) is 19.3 Å². The average molecular weight is 253 g/mol. The Bertz CT molecular complexity index is 260. The molecule has 0 aromatic carbocycles. The van der Waals surface area contributed by atoms with Crippen LogP contribution in [-0.2, 0) is 4.74 Å². The summed E-state index contributed by atoms with van der Waals surface area (Å²) in [5.74, 6) is 0. The fourth-order valence-corrected chi connectivity index (χ4v) is 3.80. The van der Waals surface area contributed by atoms with Crippen molar-refractivity contribution in [3.8, 4) is 0 Å². The molecule has 18 heavy (non-hydrogen) atoms. The second-order valence-corrected chi connectivity index (χ2v) is 6.13. The number of ether oxygens (including phenoxy) is 1. The summed E-state index contributed by atoms with van der Waals surface area (Å²) in [5.41, 5.74) is 6.11. The molecule has 0 saturated carbocycles. The zero-order valence-electron chi connectivity index (χ0n) is 11.4. The first-order chi connectivity index (χ1) is 8.84. The summed E-state index contributed by atoms with van der Waals surface area (Å²) in [4.78, 5) is 5.30. The second-order valence-electron chi connectivity index (χ2n) is 6.13. The van der Waals surface area contributed by atoms with Crippen molar-refractivity contribution in [2.45, 2.75) is 50.2 Å². The van der Waals surface area contributed by atoms with Crippen molar-refractivity contribution in [1.29, 1.82) is 0 Å². The Morgan fingerprint density at radius 3 is 2.17 bits per heavy atom. The Balaban J connectivity index is 1.48. The topological polar surface area (TPSA) is 41.7 Å². The van der Waals surface area contributed by atoms with E-state index in [1.807, 2.05) is 0 Å². The van der Waals surface area contributed by atoms with Gasteiger partial charge in [0.25, 0.3) is 0 Å². The van der Waals surface area contributed by atoms with Crippen molar-refractivity contribution >= 4 is 0 Å². The lowest BCUT2D eigenvalue weighted by Crippen LogP contribution is -2.53. The van der Waals surface area contributed by atoms with Crippen LogP contribution in [0.5, 0.6) is 0 Å². The minimum absolute atomic E-state index is 0.233. The maximum absolute atomic E-state index is 6.11. The van der Waals surface area contributed by atoms with E-state index in [0.717, 1.165) is 19.3 Å². The minimum atomic E-state index is 0.233. The van der Waals surface area contributed by atoms with Crippen LogP contribution in [0, 0.1) is 0 Å². The van der Waals surface area contributed by atoms with Crippen LogP contribution in [0.1, 0.15) is 32.1 Å². The third-order valence-electron chi connectivity index (χ3n) is 4.97. The number of nitrogens with two attached hydrogens (primary N) is 1. The second kappa shape index (κ2) is 5.87. The van der Waals surface area contributed by atoms with Gasteiger partial charge in [0.1, 0.15) is 0 Å². The number of likely N-dealkylation sites (tertiary alicyclic amines) is 2. The van der Waals surface area contributed by atoms with E-state index < -0.39 is 0 Å². The molecule has 3 fully saturated rings. The van der Waals surface area contributed by atoms with Gasteiger partial charge in [0, 0.05) is 25.2 Å². The van der Waals surface area contributed by atoms with Crippen molar-refractivity contribution in [3.05, 3.63) is 0 Å². The Labute approximate surface area is 110 Å². The van der Waals surface area contributed by atoms with Gasteiger partial charge in [-0.3, -0.25) is 4.90 Å². The molecule has 2 unspecified atom stereocenters. The summed E-state index contributed by atoms with van der Waals surface area (Å²) < 4.78 is 5.49. The van der Waals surface area contributed by atoms with E-state index in [-0.39, 0.29) is 6.04 Å². The van der Waals surface area contributed by atoms with Crippen LogP contribution >= 0.6 is 0 Å². The molecule has 0 aromatic rings. The van der Waals surface area contributed by atoms with Gasteiger partial charge < -0.3 is 15.4 Å². The lowest BCUT2D eigenvalue weighted by molar-refractivity contribution is 0.0647. The number of piperidine rings is 2. The normalized spacial score (nSPS) is 37.2. The highest BCUT2D eigenvalue weighted by molar-refractivity contribution is 4.90. The summed E-state index contributed by atoms with van der Waals surface area (Å²) in [7, 11) is 0. The minimum Gasteiger partial charge on any atom is -0.378 e. The Kier molecular flexibility index (Phi) is 4.19. The van der Waals surface area contributed by atoms with Gasteiger partial charge in [-0.25, -0.2) is 0 Å². The van der Waals surface area contributed by atoms with Gasteiger partial charge >= 0.3 is 0 Å². The largest absolute Gasteiger partial charge is 0.378 e. The van der Waals surface area contributed by atoms with Crippen molar-refractivity contribution in [2.75, 3.05) is 39.4 Å². The number of nitrogens with zero attached hydrogens (tertiary/aromatic N) is 2. The monoisotopic (exact) mass is 253 g/mol. The van der Waals surface area contributed by atoms with Gasteiger partial charge in [0.15, 0.2) is 0 Å². The fourth-order valence-electron chi connectivity index (χ4n) is 3.80. The summed E-state index contributed by atoms with van der Waals surface area (Å²) in [6, 6.07) is 1.55. The van der Waals surface area contributed by atoms with E-state index in [2.05, 4.69) is 9.80 Å². The molecule has 3 saturated heterocycles. The Morgan fingerprint density at radius 1 is 0.833 bits per heavy atom. The molecule has 4 nitrogen and oxygen atoms in total. The first-order valence-electron chi connectivity index (χ1n) is 7.66. The molecule has 4 heteroatoms. The van der Waals surface area contributed by atoms with Crippen LogP contribution in [0.15, 0.2) is 0 Å². The standard InChI is InChI=1S/C14H27N3O/c15-13-10-18-11-14(13)17-8-4-12(5-9-17)16-6-2-1-3-7-16/h12-14H,1-11,15H2.